The van der Waals surface area contributed by atoms with E-state index in [2.05, 4.69) is 15.8 Å². The standard InChI is InChI=1S/C18H18ClN3O4/c19-16-12-15(8-9-20-16)17(23)21-22-18(24)26-11-5-4-10-25-13-14-6-2-1-3-7-14/h1-9,12H,10-11,13H2,(H,21,23)(H,22,24). The number of rotatable bonds is 7. The number of pyridine rings is 1. The van der Waals surface area contributed by atoms with Gasteiger partial charge in [0.25, 0.3) is 5.91 Å². The normalized spacial score (nSPS) is 10.5. The number of hydrogen-bond donors (Lipinski definition) is 2. The molecule has 8 heteroatoms. The molecule has 136 valence electrons. The van der Waals surface area contributed by atoms with Crippen molar-refractivity contribution in [2.24, 2.45) is 0 Å². The van der Waals surface area contributed by atoms with E-state index in [0.717, 1.165) is 5.56 Å². The van der Waals surface area contributed by atoms with E-state index in [4.69, 9.17) is 21.1 Å². The highest BCUT2D eigenvalue weighted by molar-refractivity contribution is 6.29. The van der Waals surface area contributed by atoms with Crippen molar-refractivity contribution in [1.29, 1.82) is 0 Å². The van der Waals surface area contributed by atoms with Gasteiger partial charge in [0, 0.05) is 11.8 Å². The lowest BCUT2D eigenvalue weighted by atomic mass is 10.2. The number of ether oxygens (including phenoxy) is 2. The zero-order valence-electron chi connectivity index (χ0n) is 13.9. The molecule has 0 fully saturated rings. The van der Waals surface area contributed by atoms with E-state index in [9.17, 15) is 9.59 Å². The summed E-state index contributed by atoms with van der Waals surface area (Å²) in [5.74, 6) is -0.531. The van der Waals surface area contributed by atoms with Gasteiger partial charge >= 0.3 is 6.09 Å². The number of nitrogens with zero attached hydrogens (tertiary/aromatic N) is 1. The molecule has 0 atom stereocenters. The third-order valence-corrected chi connectivity index (χ3v) is 3.28. The molecular formula is C18H18ClN3O4. The molecule has 0 aliphatic rings. The van der Waals surface area contributed by atoms with Crippen molar-refractivity contribution in [1.82, 2.24) is 15.8 Å². The molecule has 2 rings (SSSR count). The molecule has 2 aromatic rings. The average Bonchev–Trinajstić information content (AvgIpc) is 2.66. The Morgan fingerprint density at radius 2 is 1.85 bits per heavy atom. The molecule has 0 radical (unpaired) electrons. The molecular weight excluding hydrogens is 358 g/mol. The minimum atomic E-state index is -0.784. The first kappa shape index (κ1) is 19.4. The predicted molar refractivity (Wildman–Crippen MR) is 96.4 cm³/mol. The van der Waals surface area contributed by atoms with Gasteiger partial charge in [-0.25, -0.2) is 15.2 Å². The number of carbonyl (C=O) groups excluding carboxylic acids is 2. The van der Waals surface area contributed by atoms with Crippen molar-refractivity contribution in [2.75, 3.05) is 13.2 Å². The van der Waals surface area contributed by atoms with Gasteiger partial charge in [0.2, 0.25) is 0 Å². The maximum atomic E-state index is 11.8. The lowest BCUT2D eigenvalue weighted by Crippen LogP contribution is -2.41. The van der Waals surface area contributed by atoms with Crippen LogP contribution in [0, 0.1) is 0 Å². The third kappa shape index (κ3) is 7.33. The van der Waals surface area contributed by atoms with Crippen LogP contribution in [0.4, 0.5) is 4.79 Å². The lowest BCUT2D eigenvalue weighted by molar-refractivity contribution is 0.0915. The van der Waals surface area contributed by atoms with Crippen molar-refractivity contribution in [3.8, 4) is 0 Å². The van der Waals surface area contributed by atoms with E-state index >= 15 is 0 Å². The zero-order valence-corrected chi connectivity index (χ0v) is 14.6. The van der Waals surface area contributed by atoms with Crippen LogP contribution in [-0.2, 0) is 16.1 Å². The molecule has 7 nitrogen and oxygen atoms in total. The monoisotopic (exact) mass is 375 g/mol. The summed E-state index contributed by atoms with van der Waals surface area (Å²) in [7, 11) is 0. The number of amides is 2. The summed E-state index contributed by atoms with van der Waals surface area (Å²) in [5, 5.41) is 0.180. The fraction of sp³-hybridized carbons (Fsp3) is 0.167. The SMILES string of the molecule is O=C(NNC(=O)c1ccnc(Cl)c1)OCC=CCOCc1ccccc1. The number of nitrogens with one attached hydrogen (secondary N) is 2. The van der Waals surface area contributed by atoms with Crippen LogP contribution in [0.5, 0.6) is 0 Å². The van der Waals surface area contributed by atoms with Gasteiger partial charge in [-0.3, -0.25) is 10.2 Å². The number of hydrazine groups is 1. The Hall–Kier alpha value is -2.90. The molecule has 1 aromatic heterocycles. The van der Waals surface area contributed by atoms with E-state index in [-0.39, 0.29) is 17.3 Å². The average molecular weight is 376 g/mol. The van der Waals surface area contributed by atoms with Gasteiger partial charge in [0.05, 0.1) is 13.2 Å². The first-order valence-corrected chi connectivity index (χ1v) is 8.14. The van der Waals surface area contributed by atoms with Crippen LogP contribution in [0.1, 0.15) is 15.9 Å². The Balaban J connectivity index is 1.56. The number of halogens is 1. The molecule has 0 spiro atoms. The first-order chi connectivity index (χ1) is 12.6. The molecule has 1 heterocycles. The van der Waals surface area contributed by atoms with Crippen LogP contribution in [-0.4, -0.2) is 30.2 Å². The summed E-state index contributed by atoms with van der Waals surface area (Å²) < 4.78 is 10.3. The van der Waals surface area contributed by atoms with Crippen molar-refractivity contribution in [3.05, 3.63) is 77.1 Å². The van der Waals surface area contributed by atoms with E-state index in [1.165, 1.54) is 18.3 Å². The minimum absolute atomic E-state index is 0.0531. The molecule has 2 amide bonds. The summed E-state index contributed by atoms with van der Waals surface area (Å²) >= 11 is 5.69. The molecule has 0 aliphatic carbocycles. The summed E-state index contributed by atoms with van der Waals surface area (Å²) in [6.45, 7) is 0.967. The highest BCUT2D eigenvalue weighted by Crippen LogP contribution is 2.06. The second kappa shape index (κ2) is 10.9. The molecule has 0 saturated carbocycles. The predicted octanol–water partition coefficient (Wildman–Crippen LogP) is 2.88. The van der Waals surface area contributed by atoms with Gasteiger partial charge in [-0.2, -0.15) is 0 Å². The molecule has 26 heavy (non-hydrogen) atoms. The van der Waals surface area contributed by atoms with Crippen LogP contribution >= 0.6 is 11.6 Å². The van der Waals surface area contributed by atoms with Crippen LogP contribution in [0.25, 0.3) is 0 Å². The fourth-order valence-electron chi connectivity index (χ4n) is 1.84. The van der Waals surface area contributed by atoms with Crippen molar-refractivity contribution in [3.63, 3.8) is 0 Å². The van der Waals surface area contributed by atoms with Crippen LogP contribution in [0.3, 0.4) is 0 Å². The van der Waals surface area contributed by atoms with E-state index in [1.54, 1.807) is 12.2 Å². The minimum Gasteiger partial charge on any atom is -0.444 e. The van der Waals surface area contributed by atoms with E-state index < -0.39 is 12.0 Å². The molecule has 0 saturated heterocycles. The molecule has 0 aliphatic heterocycles. The Morgan fingerprint density at radius 3 is 2.62 bits per heavy atom. The van der Waals surface area contributed by atoms with Gasteiger partial charge in [-0.15, -0.1) is 0 Å². The van der Waals surface area contributed by atoms with Gasteiger partial charge in [-0.05, 0) is 23.8 Å². The second-order valence-electron chi connectivity index (χ2n) is 5.02. The number of hydrogen-bond acceptors (Lipinski definition) is 5. The third-order valence-electron chi connectivity index (χ3n) is 3.07. The summed E-state index contributed by atoms with van der Waals surface area (Å²) in [4.78, 5) is 27.0. The second-order valence-corrected chi connectivity index (χ2v) is 5.40. The molecule has 0 unspecified atom stereocenters. The largest absolute Gasteiger partial charge is 0.444 e. The molecule has 2 N–H and O–H groups in total. The lowest BCUT2D eigenvalue weighted by Gasteiger charge is -2.07. The van der Waals surface area contributed by atoms with Crippen molar-refractivity contribution in [2.45, 2.75) is 6.61 Å². The summed E-state index contributed by atoms with van der Waals surface area (Å²) in [6.07, 6.45) is 4.00. The maximum absolute atomic E-state index is 11.8. The van der Waals surface area contributed by atoms with Crippen molar-refractivity contribution < 1.29 is 19.1 Å². The Kier molecular flexibility index (Phi) is 8.11. The number of aromatic nitrogens is 1. The highest BCUT2D eigenvalue weighted by atomic mass is 35.5. The summed E-state index contributed by atoms with van der Waals surface area (Å²) in [6, 6.07) is 12.6. The van der Waals surface area contributed by atoms with Gasteiger partial charge < -0.3 is 9.47 Å². The Bertz CT molecular complexity index is 753. The van der Waals surface area contributed by atoms with E-state index in [1.807, 2.05) is 30.3 Å². The van der Waals surface area contributed by atoms with Crippen LogP contribution < -0.4 is 10.9 Å². The van der Waals surface area contributed by atoms with Crippen LogP contribution in [0.2, 0.25) is 5.15 Å². The zero-order chi connectivity index (χ0) is 18.6. The number of benzene rings is 1. The molecule has 1 aromatic carbocycles. The van der Waals surface area contributed by atoms with Gasteiger partial charge in [-0.1, -0.05) is 48.0 Å². The summed E-state index contributed by atoms with van der Waals surface area (Å²) in [5.41, 5.74) is 5.69. The smallest absolute Gasteiger partial charge is 0.426 e. The topological polar surface area (TPSA) is 89.6 Å². The van der Waals surface area contributed by atoms with Crippen molar-refractivity contribution >= 4 is 23.6 Å². The fourth-order valence-corrected chi connectivity index (χ4v) is 2.01. The molecule has 0 bridgehead atoms. The Morgan fingerprint density at radius 1 is 1.08 bits per heavy atom. The van der Waals surface area contributed by atoms with Crippen LogP contribution in [0.15, 0.2) is 60.8 Å². The van der Waals surface area contributed by atoms with E-state index in [0.29, 0.717) is 13.2 Å². The number of carbonyl (C=O) groups is 2. The van der Waals surface area contributed by atoms with Gasteiger partial charge in [0.15, 0.2) is 0 Å². The highest BCUT2D eigenvalue weighted by Gasteiger charge is 2.08. The van der Waals surface area contributed by atoms with Gasteiger partial charge in [0.1, 0.15) is 11.8 Å². The quantitative estimate of drug-likeness (QED) is 0.336. The first-order valence-electron chi connectivity index (χ1n) is 7.76. The Labute approximate surface area is 155 Å². The maximum Gasteiger partial charge on any atom is 0.426 e.